The first-order chi connectivity index (χ1) is 11.2. The second-order valence-corrected chi connectivity index (χ2v) is 6.97. The largest absolute Gasteiger partial charge is 0.376 e. The fourth-order valence-corrected chi connectivity index (χ4v) is 2.97. The highest BCUT2D eigenvalue weighted by atomic mass is 31.2. The lowest BCUT2D eigenvalue weighted by atomic mass is 10.0. The first-order valence-electron chi connectivity index (χ1n) is 7.87. The maximum absolute atomic E-state index is 11.3. The van der Waals surface area contributed by atoms with Gasteiger partial charge in [-0.15, -0.1) is 0 Å². The molecule has 0 saturated carbocycles. The molecule has 1 aromatic rings. The third-order valence-corrected chi connectivity index (χ3v) is 3.97. The normalized spacial score (nSPS) is 29.8. The fraction of sp³-hybridized carbons (Fsp3) is 0.500. The van der Waals surface area contributed by atoms with Crippen LogP contribution in [0.2, 0.25) is 0 Å². The van der Waals surface area contributed by atoms with Crippen molar-refractivity contribution >= 4 is 7.60 Å². The van der Waals surface area contributed by atoms with E-state index in [1.54, 1.807) is 0 Å². The van der Waals surface area contributed by atoms with Gasteiger partial charge in [0.15, 0.2) is 0 Å². The van der Waals surface area contributed by atoms with E-state index in [2.05, 4.69) is 0 Å². The van der Waals surface area contributed by atoms with Gasteiger partial charge in [-0.1, -0.05) is 30.3 Å². The molecule has 2 N–H and O–H groups in total. The molecule has 4 atom stereocenters. The van der Waals surface area contributed by atoms with Crippen LogP contribution in [0.15, 0.2) is 42.2 Å². The van der Waals surface area contributed by atoms with E-state index in [1.165, 1.54) is 7.11 Å². The van der Waals surface area contributed by atoms with Gasteiger partial charge in [0.05, 0.1) is 7.47 Å². The summed E-state index contributed by atoms with van der Waals surface area (Å²) in [6, 6.07) is 9.41. The van der Waals surface area contributed by atoms with Gasteiger partial charge in [0.1, 0.15) is 24.4 Å². The molecule has 7 heteroatoms. The molecule has 1 saturated heterocycles. The molecule has 128 valence electrons. The Labute approximate surface area is 137 Å². The highest BCUT2D eigenvalue weighted by molar-refractivity contribution is 7.55. The third kappa shape index (κ3) is 4.98. The Balaban J connectivity index is 2.36. The van der Waals surface area contributed by atoms with Crippen molar-refractivity contribution in [1.29, 1.82) is 0 Å². The Morgan fingerprint density at radius 2 is 1.96 bits per heavy atom. The van der Waals surface area contributed by atoms with Gasteiger partial charge in [0.2, 0.25) is 0 Å². The van der Waals surface area contributed by atoms with Crippen LogP contribution in [0.3, 0.4) is 0 Å². The predicted molar refractivity (Wildman–Crippen MR) is 86.0 cm³/mol. The molecule has 0 unspecified atom stereocenters. The minimum atomic E-state index is -4.64. The number of rotatable bonds is 6. The van der Waals surface area contributed by atoms with Crippen LogP contribution in [0, 0.1) is 0 Å². The summed E-state index contributed by atoms with van der Waals surface area (Å²) in [5.41, 5.74) is 0.875. The zero-order valence-corrected chi connectivity index (χ0v) is 14.2. The molecule has 1 aromatic carbocycles. The van der Waals surface area contributed by atoms with Crippen LogP contribution in [-0.4, -0.2) is 41.3 Å². The SMILES string of the molecule is [2H]/C(=C\[C@H]1O[C@@H](c2ccccc2)[C@H](OC)[C@@H]1OC(C)C)P(=O)(O)O. The topological polar surface area (TPSA) is 85.2 Å². The monoisotopic (exact) mass is 343 g/mol. The molecule has 0 bridgehead atoms. The molecule has 1 aliphatic rings. The average molecular weight is 343 g/mol. The predicted octanol–water partition coefficient (Wildman–Crippen LogP) is 2.63. The number of hydrogen-bond donors (Lipinski definition) is 2. The second-order valence-electron chi connectivity index (χ2n) is 5.62. The van der Waals surface area contributed by atoms with Gasteiger partial charge in [0.25, 0.3) is 0 Å². The van der Waals surface area contributed by atoms with Crippen molar-refractivity contribution in [3.05, 3.63) is 47.8 Å². The van der Waals surface area contributed by atoms with E-state index in [0.29, 0.717) is 0 Å². The van der Waals surface area contributed by atoms with Crippen LogP contribution >= 0.6 is 7.60 Å². The summed E-state index contributed by atoms with van der Waals surface area (Å²) >= 11 is 0. The maximum Gasteiger partial charge on any atom is 0.348 e. The van der Waals surface area contributed by atoms with Gasteiger partial charge in [0, 0.05) is 12.9 Å². The summed E-state index contributed by atoms with van der Waals surface area (Å²) in [6.45, 7) is 3.71. The quantitative estimate of drug-likeness (QED) is 0.773. The molecule has 1 heterocycles. The summed E-state index contributed by atoms with van der Waals surface area (Å²) in [5.74, 6) is -0.784. The molecule has 1 fully saturated rings. The van der Waals surface area contributed by atoms with E-state index >= 15 is 0 Å². The lowest BCUT2D eigenvalue weighted by Crippen LogP contribution is -2.36. The first kappa shape index (κ1) is 16.8. The summed E-state index contributed by atoms with van der Waals surface area (Å²) in [4.78, 5) is 18.3. The van der Waals surface area contributed by atoms with Gasteiger partial charge in [-0.3, -0.25) is 4.57 Å². The second kappa shape index (κ2) is 7.71. The maximum atomic E-state index is 11.3. The minimum Gasteiger partial charge on any atom is -0.376 e. The van der Waals surface area contributed by atoms with Crippen molar-refractivity contribution in [2.75, 3.05) is 7.11 Å². The zero-order chi connectivity index (χ0) is 17.9. The number of hydrogen-bond acceptors (Lipinski definition) is 4. The Morgan fingerprint density at radius 1 is 1.30 bits per heavy atom. The van der Waals surface area contributed by atoms with Crippen molar-refractivity contribution in [3.63, 3.8) is 0 Å². The van der Waals surface area contributed by atoms with Crippen LogP contribution in [-0.2, 0) is 18.8 Å². The van der Waals surface area contributed by atoms with Crippen LogP contribution in [0.1, 0.15) is 26.9 Å². The Kier molecular flexibility index (Phi) is 5.64. The van der Waals surface area contributed by atoms with Crippen LogP contribution in [0.25, 0.3) is 0 Å². The molecule has 23 heavy (non-hydrogen) atoms. The van der Waals surface area contributed by atoms with Crippen molar-refractivity contribution in [2.24, 2.45) is 0 Å². The molecule has 0 aromatic heterocycles. The number of benzene rings is 1. The van der Waals surface area contributed by atoms with E-state index in [1.807, 2.05) is 44.2 Å². The van der Waals surface area contributed by atoms with Gasteiger partial charge < -0.3 is 24.0 Å². The fourth-order valence-electron chi connectivity index (χ4n) is 2.63. The van der Waals surface area contributed by atoms with Gasteiger partial charge in [-0.05, 0) is 25.5 Å². The van der Waals surface area contributed by atoms with E-state index in [-0.39, 0.29) is 6.10 Å². The first-order valence-corrected chi connectivity index (χ1v) is 8.98. The molecular formula is C16H23O6P. The zero-order valence-electron chi connectivity index (χ0n) is 14.3. The number of methoxy groups -OCH3 is 1. The highest BCUT2D eigenvalue weighted by Gasteiger charge is 2.45. The molecule has 0 radical (unpaired) electrons. The van der Waals surface area contributed by atoms with Crippen molar-refractivity contribution in [2.45, 2.75) is 44.4 Å². The molecule has 2 rings (SSSR count). The van der Waals surface area contributed by atoms with E-state index in [9.17, 15) is 4.57 Å². The highest BCUT2D eigenvalue weighted by Crippen LogP contribution is 2.41. The van der Waals surface area contributed by atoms with Crippen molar-refractivity contribution in [3.8, 4) is 0 Å². The van der Waals surface area contributed by atoms with Gasteiger partial charge in [-0.2, -0.15) is 0 Å². The summed E-state index contributed by atoms with van der Waals surface area (Å²) < 4.78 is 36.2. The van der Waals surface area contributed by atoms with E-state index < -0.39 is 37.8 Å². The van der Waals surface area contributed by atoms with Crippen LogP contribution in [0.4, 0.5) is 0 Å². The van der Waals surface area contributed by atoms with Gasteiger partial charge in [-0.25, -0.2) is 0 Å². The minimum absolute atomic E-state index is 0.133. The molecule has 0 spiro atoms. The Hall–Kier alpha value is -1.01. The van der Waals surface area contributed by atoms with Crippen LogP contribution in [0.5, 0.6) is 0 Å². The average Bonchev–Trinajstić information content (AvgIpc) is 2.84. The Bertz CT molecular complexity index is 614. The molecule has 1 aliphatic heterocycles. The van der Waals surface area contributed by atoms with E-state index in [4.69, 9.17) is 25.4 Å². The lowest BCUT2D eigenvalue weighted by Gasteiger charge is -2.24. The smallest absolute Gasteiger partial charge is 0.348 e. The van der Waals surface area contributed by atoms with Crippen LogP contribution < -0.4 is 0 Å². The summed E-state index contributed by atoms with van der Waals surface area (Å²) in [7, 11) is -3.10. The van der Waals surface area contributed by atoms with Crippen molar-refractivity contribution < 1.29 is 29.9 Å². The molecule has 0 amide bonds. The van der Waals surface area contributed by atoms with E-state index in [0.717, 1.165) is 11.6 Å². The van der Waals surface area contributed by atoms with Crippen molar-refractivity contribution in [1.82, 2.24) is 0 Å². The standard InChI is InChI=1S/C16H23O6P/c1-11(2)21-15-13(9-10-23(17,18)19)22-14(16(15)20-3)12-7-5-4-6-8-12/h4-11,13-16H,1-3H3,(H2,17,18,19)/b10-9+/t13-,14+,15-,16+/m1/s1/i10D. The lowest BCUT2D eigenvalue weighted by molar-refractivity contribution is -0.0694. The third-order valence-electron chi connectivity index (χ3n) is 3.49. The summed E-state index contributed by atoms with van der Waals surface area (Å²) in [6.07, 6.45) is -1.30. The molecular weight excluding hydrogens is 319 g/mol. The number of ether oxygens (including phenoxy) is 3. The Morgan fingerprint density at radius 3 is 2.48 bits per heavy atom. The van der Waals surface area contributed by atoms with Gasteiger partial charge >= 0.3 is 7.60 Å². The molecule has 6 nitrogen and oxygen atoms in total. The summed E-state index contributed by atoms with van der Waals surface area (Å²) in [5, 5.41) is 0. The molecule has 0 aliphatic carbocycles.